The molecular formula is C29H27F2N7O. The van der Waals surface area contributed by atoms with Gasteiger partial charge < -0.3 is 19.5 Å². The molecule has 2 aliphatic heterocycles. The Hall–Kier alpha value is -4.18. The number of hydrogen-bond acceptors (Lipinski definition) is 7. The van der Waals surface area contributed by atoms with Crippen LogP contribution in [0.3, 0.4) is 0 Å². The first-order valence-corrected chi connectivity index (χ1v) is 13.2. The topological polar surface area (TPSA) is 81.0 Å². The molecule has 1 N–H and O–H groups in total. The number of aryl methyl sites for hydroxylation is 1. The highest BCUT2D eigenvalue weighted by atomic mass is 19.1. The third-order valence-electron chi connectivity index (χ3n) is 7.74. The number of fused-ring (bicyclic) bond motifs is 4. The van der Waals surface area contributed by atoms with Crippen molar-refractivity contribution in [1.29, 1.82) is 0 Å². The molecule has 0 spiro atoms. The van der Waals surface area contributed by atoms with Crippen molar-refractivity contribution in [2.45, 2.75) is 31.3 Å². The molecule has 0 aliphatic carbocycles. The summed E-state index contributed by atoms with van der Waals surface area (Å²) in [6.45, 7) is 1.83. The molecule has 0 radical (unpaired) electrons. The number of nitrogens with one attached hydrogen (secondary N) is 1. The van der Waals surface area contributed by atoms with E-state index in [0.717, 1.165) is 37.1 Å². The van der Waals surface area contributed by atoms with Crippen LogP contribution in [0.25, 0.3) is 32.9 Å². The van der Waals surface area contributed by atoms with Crippen molar-refractivity contribution < 1.29 is 13.5 Å². The van der Waals surface area contributed by atoms with Gasteiger partial charge in [-0.15, -0.1) is 0 Å². The zero-order valence-corrected chi connectivity index (χ0v) is 21.4. The van der Waals surface area contributed by atoms with Gasteiger partial charge in [-0.2, -0.15) is 9.97 Å². The molecule has 2 aromatic carbocycles. The van der Waals surface area contributed by atoms with Gasteiger partial charge in [0.2, 0.25) is 0 Å². The van der Waals surface area contributed by atoms with E-state index in [1.54, 1.807) is 24.5 Å². The summed E-state index contributed by atoms with van der Waals surface area (Å²) in [6.07, 6.45) is 8.01. The molecular weight excluding hydrogens is 500 g/mol. The van der Waals surface area contributed by atoms with Crippen molar-refractivity contribution in [3.05, 3.63) is 72.4 Å². The minimum atomic E-state index is -0.583. The van der Waals surface area contributed by atoms with E-state index >= 15 is 4.39 Å². The molecule has 198 valence electrons. The maximum atomic E-state index is 16.3. The molecule has 2 aliphatic rings. The summed E-state index contributed by atoms with van der Waals surface area (Å²) in [5.41, 5.74) is 0.753. The van der Waals surface area contributed by atoms with Crippen molar-refractivity contribution in [2.75, 3.05) is 24.6 Å². The normalized spacial score (nSPS) is 18.8. The highest BCUT2D eigenvalue weighted by Gasteiger charge is 2.34. The van der Waals surface area contributed by atoms with E-state index in [-0.39, 0.29) is 17.2 Å². The summed E-state index contributed by atoms with van der Waals surface area (Å²) < 4.78 is 38.4. The van der Waals surface area contributed by atoms with Crippen molar-refractivity contribution in [3.63, 3.8) is 0 Å². The second-order valence-corrected chi connectivity index (χ2v) is 10.3. The van der Waals surface area contributed by atoms with Crippen LogP contribution in [0, 0.1) is 11.6 Å². The van der Waals surface area contributed by atoms with E-state index in [1.807, 2.05) is 29.9 Å². The van der Waals surface area contributed by atoms with Crippen LogP contribution < -0.4 is 15.0 Å². The van der Waals surface area contributed by atoms with Crippen LogP contribution in [-0.4, -0.2) is 56.3 Å². The Balaban J connectivity index is 1.33. The Bertz CT molecular complexity index is 1690. The minimum Gasteiger partial charge on any atom is -0.463 e. The molecule has 2 saturated heterocycles. The van der Waals surface area contributed by atoms with Crippen LogP contribution >= 0.6 is 0 Å². The Morgan fingerprint density at radius 3 is 2.67 bits per heavy atom. The fourth-order valence-corrected chi connectivity index (χ4v) is 5.81. The first kappa shape index (κ1) is 23.9. The fourth-order valence-electron chi connectivity index (χ4n) is 5.81. The minimum absolute atomic E-state index is 0.109. The van der Waals surface area contributed by atoms with Crippen LogP contribution in [0.4, 0.5) is 14.6 Å². The van der Waals surface area contributed by atoms with E-state index in [0.29, 0.717) is 47.3 Å². The lowest BCUT2D eigenvalue weighted by Gasteiger charge is -2.34. The van der Waals surface area contributed by atoms with Crippen LogP contribution in [0.15, 0.2) is 55.0 Å². The Labute approximate surface area is 223 Å². The van der Waals surface area contributed by atoms with Gasteiger partial charge in [0, 0.05) is 62.8 Å². The van der Waals surface area contributed by atoms with Crippen molar-refractivity contribution >= 4 is 27.5 Å². The summed E-state index contributed by atoms with van der Waals surface area (Å²) in [4.78, 5) is 20.3. The number of hydrogen-bond donors (Lipinski definition) is 1. The van der Waals surface area contributed by atoms with E-state index in [9.17, 15) is 4.39 Å². The molecule has 0 saturated carbocycles. The molecule has 5 aromatic rings. The molecule has 3 aromatic heterocycles. The number of nitrogens with zero attached hydrogens (tertiary/aromatic N) is 6. The Morgan fingerprint density at radius 1 is 1.03 bits per heavy atom. The van der Waals surface area contributed by atoms with Gasteiger partial charge >= 0.3 is 6.01 Å². The largest absolute Gasteiger partial charge is 0.463 e. The van der Waals surface area contributed by atoms with Gasteiger partial charge in [-0.3, -0.25) is 4.98 Å². The zero-order chi connectivity index (χ0) is 26.5. The van der Waals surface area contributed by atoms with Crippen molar-refractivity contribution in [1.82, 2.24) is 29.8 Å². The van der Waals surface area contributed by atoms with E-state index < -0.39 is 11.6 Å². The second-order valence-electron chi connectivity index (χ2n) is 10.3. The van der Waals surface area contributed by atoms with Crippen LogP contribution in [0.1, 0.15) is 18.7 Å². The van der Waals surface area contributed by atoms with Crippen LogP contribution in [-0.2, 0) is 13.5 Å². The summed E-state index contributed by atoms with van der Waals surface area (Å²) in [5.74, 6) is 0.514. The number of imidazole rings is 1. The molecule has 10 heteroatoms. The third kappa shape index (κ3) is 4.34. The summed E-state index contributed by atoms with van der Waals surface area (Å²) in [7, 11) is 1.93. The highest BCUT2D eigenvalue weighted by Crippen LogP contribution is 2.36. The van der Waals surface area contributed by atoms with E-state index in [2.05, 4.69) is 25.2 Å². The van der Waals surface area contributed by atoms with Crippen molar-refractivity contribution in [2.24, 2.45) is 7.05 Å². The van der Waals surface area contributed by atoms with E-state index in [1.165, 1.54) is 12.1 Å². The Kier molecular flexibility index (Phi) is 5.84. The lowest BCUT2D eigenvalue weighted by molar-refractivity contribution is 0.293. The molecule has 7 rings (SSSR count). The van der Waals surface area contributed by atoms with Gasteiger partial charge in [0.1, 0.15) is 28.7 Å². The number of halogens is 2. The average Bonchev–Trinajstić information content (AvgIpc) is 3.51. The molecule has 8 nitrogen and oxygen atoms in total. The summed E-state index contributed by atoms with van der Waals surface area (Å²) >= 11 is 0. The first-order chi connectivity index (χ1) is 19.0. The predicted octanol–water partition coefficient (Wildman–Crippen LogP) is 4.42. The van der Waals surface area contributed by atoms with Crippen LogP contribution in [0.2, 0.25) is 0 Å². The van der Waals surface area contributed by atoms with Crippen LogP contribution in [0.5, 0.6) is 6.01 Å². The maximum absolute atomic E-state index is 16.3. The number of aromatic nitrogens is 5. The number of piperazine rings is 1. The molecule has 39 heavy (non-hydrogen) atoms. The van der Waals surface area contributed by atoms with Gasteiger partial charge in [0.05, 0.1) is 12.0 Å². The average molecular weight is 528 g/mol. The fraction of sp³-hybridized carbons (Fsp3) is 0.310. The lowest BCUT2D eigenvalue weighted by atomic mass is 10.0. The SMILES string of the molecule is Cn1ccnc1CCOc1nc(N2CC3CCC(C2)N3)c2cnc(-c3cccc4ccc(F)cc34)c(F)c2n1. The molecule has 5 heterocycles. The van der Waals surface area contributed by atoms with Gasteiger partial charge in [-0.25, -0.2) is 13.8 Å². The molecule has 2 atom stereocenters. The van der Waals surface area contributed by atoms with Gasteiger partial charge in [-0.05, 0) is 35.7 Å². The lowest BCUT2D eigenvalue weighted by Crippen LogP contribution is -2.51. The maximum Gasteiger partial charge on any atom is 0.319 e. The zero-order valence-electron chi connectivity index (χ0n) is 21.4. The van der Waals surface area contributed by atoms with Gasteiger partial charge in [0.15, 0.2) is 5.82 Å². The molecule has 0 amide bonds. The number of anilines is 1. The molecule has 2 unspecified atom stereocenters. The van der Waals surface area contributed by atoms with Gasteiger partial charge in [0.25, 0.3) is 0 Å². The third-order valence-corrected chi connectivity index (χ3v) is 7.74. The number of benzene rings is 2. The monoisotopic (exact) mass is 527 g/mol. The highest BCUT2D eigenvalue weighted by molar-refractivity contribution is 5.99. The smallest absolute Gasteiger partial charge is 0.319 e. The van der Waals surface area contributed by atoms with Gasteiger partial charge in [-0.1, -0.05) is 24.3 Å². The van der Waals surface area contributed by atoms with Crippen molar-refractivity contribution in [3.8, 4) is 17.3 Å². The Morgan fingerprint density at radius 2 is 1.87 bits per heavy atom. The number of pyridine rings is 1. The molecule has 2 bridgehead atoms. The quantitative estimate of drug-likeness (QED) is 0.350. The summed E-state index contributed by atoms with van der Waals surface area (Å²) in [5, 5.41) is 5.54. The predicted molar refractivity (Wildman–Crippen MR) is 145 cm³/mol. The number of rotatable bonds is 6. The summed E-state index contributed by atoms with van der Waals surface area (Å²) in [6, 6.07) is 10.7. The standard InChI is InChI=1S/C29H27F2N7O/c1-37-11-10-32-24(37)9-12-39-29-35-27-23(28(36-29)38-15-19-7-8-20(16-38)34-19)14-33-26(25(27)31)21-4-2-3-17-5-6-18(30)13-22(17)21/h2-6,10-11,13-14,19-20,34H,7-9,12,15-16H2,1H3. The molecule has 2 fully saturated rings. The number of ether oxygens (including phenoxy) is 1. The first-order valence-electron chi connectivity index (χ1n) is 13.2. The van der Waals surface area contributed by atoms with E-state index in [4.69, 9.17) is 9.72 Å². The second kappa shape index (κ2) is 9.53.